The second-order valence-corrected chi connectivity index (χ2v) is 6.37. The third-order valence-electron chi connectivity index (χ3n) is 4.14. The van der Waals surface area contributed by atoms with Gasteiger partial charge in [0.25, 0.3) is 12.1 Å². The Morgan fingerprint density at radius 1 is 1.05 bits per heavy atom. The summed E-state index contributed by atoms with van der Waals surface area (Å²) < 4.78 is 0. The zero-order valence-electron chi connectivity index (χ0n) is 11.9. The fraction of sp³-hybridized carbons (Fsp3) is 0.294. The van der Waals surface area contributed by atoms with Crippen LogP contribution in [0.5, 0.6) is 0 Å². The molecule has 1 aliphatic heterocycles. The van der Waals surface area contributed by atoms with Gasteiger partial charge in [-0.1, -0.05) is 30.3 Å². The predicted molar refractivity (Wildman–Crippen MR) is 87.7 cm³/mol. The Balaban J connectivity index is 1.89. The molecule has 0 unspecified atom stereocenters. The number of rotatable bonds is 2. The van der Waals surface area contributed by atoms with Crippen LogP contribution in [-0.4, -0.2) is 18.1 Å². The molecule has 3 aromatic rings. The Morgan fingerprint density at radius 2 is 1.86 bits per heavy atom. The zero-order chi connectivity index (χ0) is 14.1. The summed E-state index contributed by atoms with van der Waals surface area (Å²) in [6.45, 7) is 2.24. The van der Waals surface area contributed by atoms with E-state index in [1.807, 2.05) is 6.33 Å². The molecule has 2 aromatic heterocycles. The van der Waals surface area contributed by atoms with Crippen molar-refractivity contribution in [1.82, 2.24) is 4.98 Å². The number of hydrogen-bond donors (Lipinski definition) is 0. The van der Waals surface area contributed by atoms with Crippen LogP contribution in [0.1, 0.15) is 19.3 Å². The molecule has 1 aromatic carbocycles. The fourth-order valence-electron chi connectivity index (χ4n) is 3.08. The number of thiophene rings is 1. The molecule has 1 saturated heterocycles. The van der Waals surface area contributed by atoms with Gasteiger partial charge in [0.05, 0.1) is 0 Å². The largest absolute Gasteiger partial charge is 0.335 e. The average Bonchev–Trinajstić information content (AvgIpc) is 3.00. The smallest absolute Gasteiger partial charge is 0.287 e. The highest BCUT2D eigenvalue weighted by molar-refractivity contribution is 7.17. The molecule has 0 radical (unpaired) electrons. The second-order valence-electron chi connectivity index (χ2n) is 5.49. The van der Waals surface area contributed by atoms with E-state index in [1.165, 1.54) is 40.6 Å². The first-order valence-corrected chi connectivity index (χ1v) is 8.40. The Labute approximate surface area is 128 Å². The molecule has 0 saturated carbocycles. The molecule has 3 heterocycles. The van der Waals surface area contributed by atoms with Crippen molar-refractivity contribution >= 4 is 27.4 Å². The van der Waals surface area contributed by atoms with Crippen LogP contribution >= 0.6 is 11.3 Å². The van der Waals surface area contributed by atoms with Crippen LogP contribution in [0.15, 0.2) is 42.0 Å². The van der Waals surface area contributed by atoms with Crippen molar-refractivity contribution < 1.29 is 4.98 Å². The summed E-state index contributed by atoms with van der Waals surface area (Å²) in [5.41, 5.74) is 2.56. The molecule has 1 N–H and O–H groups in total. The van der Waals surface area contributed by atoms with Gasteiger partial charge in [-0.3, -0.25) is 0 Å². The van der Waals surface area contributed by atoms with Crippen molar-refractivity contribution in [3.05, 3.63) is 42.0 Å². The first-order chi connectivity index (χ1) is 10.4. The van der Waals surface area contributed by atoms with Crippen LogP contribution in [0.3, 0.4) is 0 Å². The van der Waals surface area contributed by atoms with E-state index in [0.717, 1.165) is 18.9 Å². The fourth-order valence-corrected chi connectivity index (χ4v) is 4.01. The molecule has 0 atom stereocenters. The molecule has 21 heavy (non-hydrogen) atoms. The van der Waals surface area contributed by atoms with Gasteiger partial charge < -0.3 is 4.90 Å². The Morgan fingerprint density at radius 3 is 2.67 bits per heavy atom. The zero-order valence-corrected chi connectivity index (χ0v) is 12.7. The number of aromatic amines is 1. The topological polar surface area (TPSA) is 30.3 Å². The Hall–Kier alpha value is -1.94. The molecule has 1 fully saturated rings. The minimum atomic E-state index is 1.12. The number of nitrogens with zero attached hydrogens (tertiary/aromatic N) is 2. The molecule has 4 heteroatoms. The van der Waals surface area contributed by atoms with Gasteiger partial charge in [-0.05, 0) is 29.8 Å². The molecular formula is C17H18N3S+. The monoisotopic (exact) mass is 296 g/mol. The van der Waals surface area contributed by atoms with Gasteiger partial charge in [-0.25, -0.2) is 4.98 Å². The summed E-state index contributed by atoms with van der Waals surface area (Å²) >= 11 is 1.76. The van der Waals surface area contributed by atoms with Crippen LogP contribution in [0.25, 0.3) is 21.3 Å². The van der Waals surface area contributed by atoms with Gasteiger partial charge in [0, 0.05) is 24.0 Å². The highest BCUT2D eigenvalue weighted by Crippen LogP contribution is 2.37. The quantitative estimate of drug-likeness (QED) is 0.720. The highest BCUT2D eigenvalue weighted by Gasteiger charge is 2.23. The summed E-state index contributed by atoms with van der Waals surface area (Å²) in [6, 6.07) is 10.6. The van der Waals surface area contributed by atoms with Crippen LogP contribution in [0.2, 0.25) is 0 Å². The normalized spacial score (nSPS) is 15.5. The maximum absolute atomic E-state index is 4.67. The molecule has 0 aliphatic carbocycles. The van der Waals surface area contributed by atoms with Crippen LogP contribution in [-0.2, 0) is 0 Å². The summed E-state index contributed by atoms with van der Waals surface area (Å²) in [5, 5.41) is 3.52. The minimum Gasteiger partial charge on any atom is -0.335 e. The van der Waals surface area contributed by atoms with Gasteiger partial charge >= 0.3 is 0 Å². The minimum absolute atomic E-state index is 1.12. The molecular weight excluding hydrogens is 278 g/mol. The number of piperidine rings is 1. The molecule has 1 aliphatic rings. The molecule has 0 bridgehead atoms. The van der Waals surface area contributed by atoms with Gasteiger partial charge in [0.1, 0.15) is 5.39 Å². The van der Waals surface area contributed by atoms with Crippen molar-refractivity contribution in [2.45, 2.75) is 19.3 Å². The van der Waals surface area contributed by atoms with Gasteiger partial charge in [0.15, 0.2) is 4.83 Å². The van der Waals surface area contributed by atoms with E-state index in [9.17, 15) is 0 Å². The van der Waals surface area contributed by atoms with E-state index in [0.29, 0.717) is 0 Å². The molecule has 4 rings (SSSR count). The van der Waals surface area contributed by atoms with Crippen molar-refractivity contribution in [1.29, 1.82) is 0 Å². The maximum atomic E-state index is 4.67. The van der Waals surface area contributed by atoms with Crippen LogP contribution in [0, 0.1) is 0 Å². The third-order valence-corrected chi connectivity index (χ3v) is 5.05. The average molecular weight is 296 g/mol. The lowest BCUT2D eigenvalue weighted by Crippen LogP contribution is -2.30. The third kappa shape index (κ3) is 2.29. The number of fused-ring (bicyclic) bond motifs is 1. The Kier molecular flexibility index (Phi) is 3.31. The summed E-state index contributed by atoms with van der Waals surface area (Å²) in [4.78, 5) is 11.6. The van der Waals surface area contributed by atoms with E-state index >= 15 is 0 Å². The molecule has 3 nitrogen and oxygen atoms in total. The first kappa shape index (κ1) is 12.8. The van der Waals surface area contributed by atoms with Crippen molar-refractivity contribution in [3.63, 3.8) is 0 Å². The van der Waals surface area contributed by atoms with Crippen LogP contribution in [0.4, 0.5) is 5.82 Å². The standard InChI is InChI=1S/C17H17N3S/c1-3-7-13(8-4-1)14-11-21-17-15(14)16(18-12-19-17)20-9-5-2-6-10-20/h1,3-4,7-8,11-12H,2,5-6,9-10H2/p+1. The van der Waals surface area contributed by atoms with Crippen molar-refractivity contribution in [2.75, 3.05) is 18.0 Å². The molecule has 0 spiro atoms. The number of hydrogen-bond acceptors (Lipinski definition) is 3. The molecule has 0 amide bonds. The van der Waals surface area contributed by atoms with E-state index in [4.69, 9.17) is 0 Å². The number of anilines is 1. The summed E-state index contributed by atoms with van der Waals surface area (Å²) in [7, 11) is 0. The molecule has 106 valence electrons. The van der Waals surface area contributed by atoms with E-state index < -0.39 is 0 Å². The lowest BCUT2D eigenvalue weighted by atomic mass is 10.1. The summed E-state index contributed by atoms with van der Waals surface area (Å²) in [6.07, 6.45) is 5.71. The number of H-pyrrole nitrogens is 1. The summed E-state index contributed by atoms with van der Waals surface area (Å²) in [5.74, 6) is 1.14. The predicted octanol–water partition coefficient (Wildman–Crippen LogP) is 3.77. The Bertz CT molecular complexity index is 745. The number of benzene rings is 1. The lowest BCUT2D eigenvalue weighted by molar-refractivity contribution is -0.346. The second kappa shape index (κ2) is 5.45. The SMILES string of the molecule is c1ccc(-c2csc3[nH+]cnc(N4CCCCC4)c23)cc1. The maximum Gasteiger partial charge on any atom is 0.287 e. The van der Waals surface area contributed by atoms with E-state index in [-0.39, 0.29) is 0 Å². The number of aromatic nitrogens is 2. The highest BCUT2D eigenvalue weighted by atomic mass is 32.1. The lowest BCUT2D eigenvalue weighted by Gasteiger charge is -2.25. The first-order valence-electron chi connectivity index (χ1n) is 7.52. The van der Waals surface area contributed by atoms with Crippen molar-refractivity contribution in [2.24, 2.45) is 0 Å². The van der Waals surface area contributed by atoms with E-state index in [1.54, 1.807) is 11.3 Å². The van der Waals surface area contributed by atoms with Crippen molar-refractivity contribution in [3.8, 4) is 11.1 Å². The van der Waals surface area contributed by atoms with Gasteiger partial charge in [-0.15, -0.1) is 11.3 Å². The van der Waals surface area contributed by atoms with E-state index in [2.05, 4.69) is 50.6 Å². The number of nitrogens with one attached hydrogen (secondary N) is 1. The van der Waals surface area contributed by atoms with Crippen LogP contribution < -0.4 is 9.88 Å². The van der Waals surface area contributed by atoms with Gasteiger partial charge in [0.2, 0.25) is 0 Å². The van der Waals surface area contributed by atoms with Gasteiger partial charge in [-0.2, -0.15) is 0 Å².